The lowest BCUT2D eigenvalue weighted by Gasteiger charge is -2.02. The molecule has 2 heteroatoms. The molecule has 0 heterocycles. The number of hydrogen-bond acceptors (Lipinski definition) is 1. The predicted molar refractivity (Wildman–Crippen MR) is 71.2 cm³/mol. The molecule has 90 valence electrons. The first kappa shape index (κ1) is 13.4. The van der Waals surface area contributed by atoms with E-state index < -0.39 is 10.8 Å². The fourth-order valence-corrected chi connectivity index (χ4v) is 2.79. The Hall–Kier alpha value is -0.630. The van der Waals surface area contributed by atoms with Crippen LogP contribution in [0.5, 0.6) is 0 Å². The van der Waals surface area contributed by atoms with Gasteiger partial charge in [-0.1, -0.05) is 50.3 Å². The number of rotatable bonds is 7. The molecule has 0 spiro atoms. The molecule has 0 radical (unpaired) electrons. The number of aryl methyl sites for hydroxylation is 1. The van der Waals surface area contributed by atoms with Gasteiger partial charge in [-0.15, -0.1) is 0 Å². The summed E-state index contributed by atoms with van der Waals surface area (Å²) in [5.41, 5.74) is 1.23. The van der Waals surface area contributed by atoms with E-state index in [0.717, 1.165) is 17.1 Å². The van der Waals surface area contributed by atoms with Gasteiger partial charge >= 0.3 is 0 Å². The second-order valence-electron chi connectivity index (χ2n) is 4.28. The minimum absolute atomic E-state index is 0.797. The Bertz CT molecular complexity index is 316. The molecule has 1 rings (SSSR count). The van der Waals surface area contributed by atoms with Gasteiger partial charge in [0.2, 0.25) is 0 Å². The van der Waals surface area contributed by atoms with Gasteiger partial charge in [0.15, 0.2) is 0 Å². The van der Waals surface area contributed by atoms with Crippen LogP contribution in [0.1, 0.15) is 44.6 Å². The molecule has 0 saturated carbocycles. The summed E-state index contributed by atoms with van der Waals surface area (Å²) in [6.45, 7) is 4.27. The molecular formula is C14H22OS. The highest BCUT2D eigenvalue weighted by Crippen LogP contribution is 2.11. The van der Waals surface area contributed by atoms with Gasteiger partial charge in [0.1, 0.15) is 0 Å². The fourth-order valence-electron chi connectivity index (χ4n) is 1.64. The van der Waals surface area contributed by atoms with E-state index in [-0.39, 0.29) is 0 Å². The minimum atomic E-state index is -0.797. The first-order valence-corrected chi connectivity index (χ1v) is 7.51. The topological polar surface area (TPSA) is 17.1 Å². The summed E-state index contributed by atoms with van der Waals surface area (Å²) >= 11 is 0. The second kappa shape index (κ2) is 7.61. The summed E-state index contributed by atoms with van der Waals surface area (Å²) in [6, 6.07) is 8.03. The van der Waals surface area contributed by atoms with Gasteiger partial charge in [-0.25, -0.2) is 0 Å². The third-order valence-electron chi connectivity index (χ3n) is 2.72. The van der Waals surface area contributed by atoms with Crippen LogP contribution >= 0.6 is 0 Å². The molecule has 0 fully saturated rings. The van der Waals surface area contributed by atoms with E-state index in [1.165, 1.54) is 31.2 Å². The molecular weight excluding hydrogens is 216 g/mol. The molecule has 1 aromatic rings. The molecule has 1 unspecified atom stereocenters. The molecule has 0 amide bonds. The van der Waals surface area contributed by atoms with Gasteiger partial charge in [-0.2, -0.15) is 0 Å². The van der Waals surface area contributed by atoms with Crippen molar-refractivity contribution in [2.45, 2.75) is 50.8 Å². The van der Waals surface area contributed by atoms with Crippen LogP contribution in [0.4, 0.5) is 0 Å². The monoisotopic (exact) mass is 238 g/mol. The van der Waals surface area contributed by atoms with Crippen LogP contribution in [0, 0.1) is 6.92 Å². The van der Waals surface area contributed by atoms with Crippen LogP contribution in [0.15, 0.2) is 29.2 Å². The van der Waals surface area contributed by atoms with Crippen molar-refractivity contribution in [3.05, 3.63) is 29.8 Å². The lowest BCUT2D eigenvalue weighted by Crippen LogP contribution is -1.98. The SMILES string of the molecule is CCCCCCCS(=O)c1ccc(C)cc1. The fraction of sp³-hybridized carbons (Fsp3) is 0.571. The van der Waals surface area contributed by atoms with E-state index in [1.54, 1.807) is 0 Å². The average molecular weight is 238 g/mol. The third kappa shape index (κ3) is 4.93. The van der Waals surface area contributed by atoms with Crippen molar-refractivity contribution in [3.8, 4) is 0 Å². The maximum absolute atomic E-state index is 11.9. The molecule has 1 aromatic carbocycles. The van der Waals surface area contributed by atoms with Crippen molar-refractivity contribution < 1.29 is 4.21 Å². The number of benzene rings is 1. The van der Waals surface area contributed by atoms with Crippen LogP contribution in [0.3, 0.4) is 0 Å². The quantitative estimate of drug-likeness (QED) is 0.654. The normalized spacial score (nSPS) is 12.6. The van der Waals surface area contributed by atoms with E-state index in [1.807, 2.05) is 24.3 Å². The first-order chi connectivity index (χ1) is 7.74. The first-order valence-electron chi connectivity index (χ1n) is 6.19. The molecule has 0 aliphatic carbocycles. The Morgan fingerprint density at radius 3 is 2.25 bits per heavy atom. The lowest BCUT2D eigenvalue weighted by atomic mass is 10.2. The van der Waals surface area contributed by atoms with Crippen molar-refractivity contribution in [3.63, 3.8) is 0 Å². The minimum Gasteiger partial charge on any atom is -0.254 e. The van der Waals surface area contributed by atoms with Gasteiger partial charge < -0.3 is 0 Å². The second-order valence-corrected chi connectivity index (χ2v) is 5.85. The summed E-state index contributed by atoms with van der Waals surface area (Å²) in [6.07, 6.45) is 6.14. The standard InChI is InChI=1S/C14H22OS/c1-3-4-5-6-7-12-16(15)14-10-8-13(2)9-11-14/h8-11H,3-7,12H2,1-2H3. The molecule has 1 atom stereocenters. The van der Waals surface area contributed by atoms with Crippen molar-refractivity contribution in [2.75, 3.05) is 5.75 Å². The molecule has 0 saturated heterocycles. The highest BCUT2D eigenvalue weighted by molar-refractivity contribution is 7.85. The van der Waals surface area contributed by atoms with Crippen LogP contribution in [-0.2, 0) is 10.8 Å². The van der Waals surface area contributed by atoms with Gasteiger partial charge in [0.05, 0.1) is 10.8 Å². The van der Waals surface area contributed by atoms with Crippen molar-refractivity contribution in [1.29, 1.82) is 0 Å². The molecule has 0 bridgehead atoms. The third-order valence-corrected chi connectivity index (χ3v) is 4.17. The van der Waals surface area contributed by atoms with Gasteiger partial charge in [0.25, 0.3) is 0 Å². The summed E-state index contributed by atoms with van der Waals surface area (Å²) in [5, 5.41) is 0. The summed E-state index contributed by atoms with van der Waals surface area (Å²) in [5.74, 6) is 0.812. The Kier molecular flexibility index (Phi) is 6.39. The Morgan fingerprint density at radius 1 is 1.00 bits per heavy atom. The van der Waals surface area contributed by atoms with Gasteiger partial charge in [-0.05, 0) is 25.5 Å². The number of unbranched alkanes of at least 4 members (excludes halogenated alkanes) is 4. The molecule has 16 heavy (non-hydrogen) atoms. The maximum atomic E-state index is 11.9. The maximum Gasteiger partial charge on any atom is 0.0529 e. The Labute approximate surface area is 102 Å². The molecule has 0 N–H and O–H groups in total. The zero-order chi connectivity index (χ0) is 11.8. The summed E-state index contributed by atoms with van der Waals surface area (Å²) in [7, 11) is -0.797. The number of hydrogen-bond donors (Lipinski definition) is 0. The van der Waals surface area contributed by atoms with E-state index in [2.05, 4.69) is 13.8 Å². The predicted octanol–water partition coefficient (Wildman–Crippen LogP) is 4.07. The molecule has 0 aliphatic heterocycles. The van der Waals surface area contributed by atoms with Crippen LogP contribution in [0.2, 0.25) is 0 Å². The van der Waals surface area contributed by atoms with Crippen molar-refractivity contribution in [1.82, 2.24) is 0 Å². The van der Waals surface area contributed by atoms with E-state index >= 15 is 0 Å². The van der Waals surface area contributed by atoms with Crippen molar-refractivity contribution >= 4 is 10.8 Å². The van der Waals surface area contributed by atoms with Crippen molar-refractivity contribution in [2.24, 2.45) is 0 Å². The average Bonchev–Trinajstić information content (AvgIpc) is 2.29. The zero-order valence-corrected chi connectivity index (χ0v) is 11.2. The molecule has 1 nitrogen and oxygen atoms in total. The largest absolute Gasteiger partial charge is 0.254 e. The zero-order valence-electron chi connectivity index (χ0n) is 10.4. The van der Waals surface area contributed by atoms with E-state index in [4.69, 9.17) is 0 Å². The highest BCUT2D eigenvalue weighted by atomic mass is 32.2. The van der Waals surface area contributed by atoms with E-state index in [9.17, 15) is 4.21 Å². The highest BCUT2D eigenvalue weighted by Gasteiger charge is 2.02. The Morgan fingerprint density at radius 2 is 1.62 bits per heavy atom. The van der Waals surface area contributed by atoms with E-state index in [0.29, 0.717) is 0 Å². The lowest BCUT2D eigenvalue weighted by molar-refractivity contribution is 0.647. The van der Waals surface area contributed by atoms with Crippen LogP contribution in [0.25, 0.3) is 0 Å². The van der Waals surface area contributed by atoms with Gasteiger partial charge in [-0.3, -0.25) is 4.21 Å². The Balaban J connectivity index is 2.27. The summed E-state index contributed by atoms with van der Waals surface area (Å²) in [4.78, 5) is 0.973. The summed E-state index contributed by atoms with van der Waals surface area (Å²) < 4.78 is 11.9. The van der Waals surface area contributed by atoms with Gasteiger partial charge in [0, 0.05) is 10.6 Å². The molecule has 0 aromatic heterocycles. The molecule has 0 aliphatic rings. The van der Waals surface area contributed by atoms with Crippen LogP contribution < -0.4 is 0 Å². The smallest absolute Gasteiger partial charge is 0.0529 e. The van der Waals surface area contributed by atoms with Crippen LogP contribution in [-0.4, -0.2) is 9.96 Å².